The first-order valence-corrected chi connectivity index (χ1v) is 8.07. The van der Waals surface area contributed by atoms with Gasteiger partial charge >= 0.3 is 0 Å². The van der Waals surface area contributed by atoms with E-state index in [9.17, 15) is 9.59 Å². The first-order valence-electron chi connectivity index (χ1n) is 8.07. The van der Waals surface area contributed by atoms with E-state index in [0.717, 1.165) is 12.8 Å². The van der Waals surface area contributed by atoms with Crippen LogP contribution in [-0.2, 0) is 17.6 Å². The zero-order chi connectivity index (χ0) is 16.9. The van der Waals surface area contributed by atoms with Gasteiger partial charge in [0.2, 0.25) is 0 Å². The Balaban J connectivity index is 1.61. The summed E-state index contributed by atoms with van der Waals surface area (Å²) in [4.78, 5) is 23.4. The molecule has 1 aliphatic rings. The Hall–Kier alpha value is -2.82. The zero-order valence-electron chi connectivity index (χ0n) is 13.4. The quantitative estimate of drug-likeness (QED) is 0.887. The number of amides is 2. The highest BCUT2D eigenvalue weighted by Gasteiger charge is 2.12. The highest BCUT2D eigenvalue weighted by atomic mass is 16.5. The summed E-state index contributed by atoms with van der Waals surface area (Å²) in [5, 5.41) is 2.66. The van der Waals surface area contributed by atoms with E-state index in [-0.39, 0.29) is 18.1 Å². The maximum Gasteiger partial charge on any atom is 0.262 e. The van der Waals surface area contributed by atoms with Crippen LogP contribution in [0.3, 0.4) is 0 Å². The summed E-state index contributed by atoms with van der Waals surface area (Å²) >= 11 is 0. The van der Waals surface area contributed by atoms with E-state index in [2.05, 4.69) is 11.4 Å². The van der Waals surface area contributed by atoms with Gasteiger partial charge in [-0.15, -0.1) is 0 Å². The number of fused-ring (bicyclic) bond motifs is 1. The number of hydrogen-bond acceptors (Lipinski definition) is 3. The number of para-hydroxylation sites is 1. The van der Waals surface area contributed by atoms with Gasteiger partial charge in [0, 0.05) is 0 Å². The lowest BCUT2D eigenvalue weighted by Crippen LogP contribution is -2.23. The number of primary amides is 1. The van der Waals surface area contributed by atoms with Crippen molar-refractivity contribution in [2.75, 3.05) is 11.9 Å². The van der Waals surface area contributed by atoms with Gasteiger partial charge in [-0.1, -0.05) is 18.2 Å². The molecule has 2 aromatic carbocycles. The fourth-order valence-corrected chi connectivity index (χ4v) is 2.94. The van der Waals surface area contributed by atoms with Gasteiger partial charge in [0.15, 0.2) is 6.61 Å². The summed E-state index contributed by atoms with van der Waals surface area (Å²) in [6.45, 7) is -0.119. The molecule has 3 N–H and O–H groups in total. The second-order valence-electron chi connectivity index (χ2n) is 5.88. The van der Waals surface area contributed by atoms with Gasteiger partial charge in [0.25, 0.3) is 11.8 Å². The predicted molar refractivity (Wildman–Crippen MR) is 92.2 cm³/mol. The Labute approximate surface area is 140 Å². The largest absolute Gasteiger partial charge is 0.484 e. The predicted octanol–water partition coefficient (Wildman–Crippen LogP) is 2.68. The number of carbonyl (C=O) groups is 2. The Bertz CT molecular complexity index is 771. The SMILES string of the molecule is NC(=O)c1ccccc1NC(=O)COc1ccc2c(c1)CCCC2. The molecule has 0 spiro atoms. The highest BCUT2D eigenvalue weighted by Crippen LogP contribution is 2.25. The number of anilines is 1. The third-order valence-electron chi connectivity index (χ3n) is 4.16. The van der Waals surface area contributed by atoms with Crippen LogP contribution in [0.1, 0.15) is 34.3 Å². The molecule has 5 heteroatoms. The number of ether oxygens (including phenoxy) is 1. The number of nitrogens with one attached hydrogen (secondary N) is 1. The van der Waals surface area contributed by atoms with Gasteiger partial charge in [-0.3, -0.25) is 9.59 Å². The molecule has 1 aliphatic carbocycles. The van der Waals surface area contributed by atoms with Crippen molar-refractivity contribution in [2.24, 2.45) is 5.73 Å². The van der Waals surface area contributed by atoms with E-state index in [1.807, 2.05) is 12.1 Å². The van der Waals surface area contributed by atoms with E-state index in [1.165, 1.54) is 24.0 Å². The van der Waals surface area contributed by atoms with Crippen molar-refractivity contribution in [1.82, 2.24) is 0 Å². The average Bonchev–Trinajstić information content (AvgIpc) is 2.60. The molecule has 5 nitrogen and oxygen atoms in total. The third kappa shape index (κ3) is 3.74. The molecule has 3 rings (SSSR count). The van der Waals surface area contributed by atoms with Gasteiger partial charge in [0.1, 0.15) is 5.75 Å². The van der Waals surface area contributed by atoms with E-state index in [1.54, 1.807) is 24.3 Å². The minimum Gasteiger partial charge on any atom is -0.484 e. The second kappa shape index (κ2) is 7.17. The molecule has 0 unspecified atom stereocenters. The number of hydrogen-bond donors (Lipinski definition) is 2. The van der Waals surface area contributed by atoms with E-state index in [0.29, 0.717) is 11.4 Å². The Morgan fingerprint density at radius 3 is 2.58 bits per heavy atom. The molecule has 24 heavy (non-hydrogen) atoms. The lowest BCUT2D eigenvalue weighted by Gasteiger charge is -2.16. The fourth-order valence-electron chi connectivity index (χ4n) is 2.94. The topological polar surface area (TPSA) is 81.4 Å². The molecule has 0 saturated heterocycles. The van der Waals surface area contributed by atoms with Gasteiger partial charge in [-0.05, 0) is 61.1 Å². The third-order valence-corrected chi connectivity index (χ3v) is 4.16. The van der Waals surface area contributed by atoms with Gasteiger partial charge in [-0.25, -0.2) is 0 Å². The lowest BCUT2D eigenvalue weighted by molar-refractivity contribution is -0.118. The van der Waals surface area contributed by atoms with Crippen molar-refractivity contribution in [3.63, 3.8) is 0 Å². The minimum absolute atomic E-state index is 0.119. The van der Waals surface area contributed by atoms with Crippen LogP contribution in [0.5, 0.6) is 5.75 Å². The number of carbonyl (C=O) groups excluding carboxylic acids is 2. The molecular formula is C19H20N2O3. The lowest BCUT2D eigenvalue weighted by atomic mass is 9.92. The summed E-state index contributed by atoms with van der Waals surface area (Å²) in [7, 11) is 0. The standard InChI is InChI=1S/C19H20N2O3/c20-19(23)16-7-3-4-8-17(16)21-18(22)12-24-15-10-9-13-5-1-2-6-14(13)11-15/h3-4,7-11H,1-2,5-6,12H2,(H2,20,23)(H,21,22). The van der Waals surface area contributed by atoms with Crippen molar-refractivity contribution in [3.8, 4) is 5.75 Å². The summed E-state index contributed by atoms with van der Waals surface area (Å²) < 4.78 is 5.58. The first kappa shape index (κ1) is 16.1. The minimum atomic E-state index is -0.582. The summed E-state index contributed by atoms with van der Waals surface area (Å²) in [6.07, 6.45) is 4.60. The van der Waals surface area contributed by atoms with Gasteiger partial charge < -0.3 is 15.8 Å². The van der Waals surface area contributed by atoms with Crippen molar-refractivity contribution >= 4 is 17.5 Å². The Morgan fingerprint density at radius 1 is 1.04 bits per heavy atom. The van der Waals surface area contributed by atoms with E-state index in [4.69, 9.17) is 10.5 Å². The molecule has 0 fully saturated rings. The van der Waals surface area contributed by atoms with Crippen molar-refractivity contribution in [1.29, 1.82) is 0 Å². The molecule has 2 amide bonds. The van der Waals surface area contributed by atoms with Gasteiger partial charge in [-0.2, -0.15) is 0 Å². The summed E-state index contributed by atoms with van der Waals surface area (Å²) in [5.74, 6) is -0.225. The van der Waals surface area contributed by atoms with Crippen molar-refractivity contribution in [2.45, 2.75) is 25.7 Å². The Kier molecular flexibility index (Phi) is 4.79. The van der Waals surface area contributed by atoms with Gasteiger partial charge in [0.05, 0.1) is 11.3 Å². The van der Waals surface area contributed by atoms with Crippen molar-refractivity contribution < 1.29 is 14.3 Å². The monoisotopic (exact) mass is 324 g/mol. The smallest absolute Gasteiger partial charge is 0.262 e. The van der Waals surface area contributed by atoms with Crippen LogP contribution in [0.2, 0.25) is 0 Å². The molecule has 124 valence electrons. The second-order valence-corrected chi connectivity index (χ2v) is 5.88. The van der Waals surface area contributed by atoms with E-state index < -0.39 is 5.91 Å². The van der Waals surface area contributed by atoms with Crippen LogP contribution >= 0.6 is 0 Å². The molecule has 0 radical (unpaired) electrons. The highest BCUT2D eigenvalue weighted by molar-refractivity contribution is 6.03. The number of aryl methyl sites for hydroxylation is 2. The molecular weight excluding hydrogens is 304 g/mol. The molecule has 0 heterocycles. The summed E-state index contributed by atoms with van der Waals surface area (Å²) in [5.41, 5.74) is 8.64. The maximum atomic E-state index is 12.1. The number of rotatable bonds is 5. The van der Waals surface area contributed by atoms with Crippen LogP contribution in [0.15, 0.2) is 42.5 Å². The normalized spacial score (nSPS) is 13.0. The summed E-state index contributed by atoms with van der Waals surface area (Å²) in [6, 6.07) is 12.6. The molecule has 0 aliphatic heterocycles. The molecule has 0 aromatic heterocycles. The number of benzene rings is 2. The van der Waals surface area contributed by atoms with Crippen LogP contribution in [-0.4, -0.2) is 18.4 Å². The molecule has 2 aromatic rings. The van der Waals surface area contributed by atoms with Crippen LogP contribution in [0.4, 0.5) is 5.69 Å². The Morgan fingerprint density at radius 2 is 1.79 bits per heavy atom. The molecule has 0 bridgehead atoms. The first-order chi connectivity index (χ1) is 11.6. The maximum absolute atomic E-state index is 12.1. The van der Waals surface area contributed by atoms with Crippen molar-refractivity contribution in [3.05, 3.63) is 59.2 Å². The fraction of sp³-hybridized carbons (Fsp3) is 0.263. The van der Waals surface area contributed by atoms with Crippen LogP contribution in [0, 0.1) is 0 Å². The average molecular weight is 324 g/mol. The molecule has 0 saturated carbocycles. The number of nitrogens with two attached hydrogens (primary N) is 1. The zero-order valence-corrected chi connectivity index (χ0v) is 13.4. The van der Waals surface area contributed by atoms with Crippen LogP contribution in [0.25, 0.3) is 0 Å². The molecule has 0 atom stereocenters. The van der Waals surface area contributed by atoms with Crippen LogP contribution < -0.4 is 15.8 Å². The van der Waals surface area contributed by atoms with E-state index >= 15 is 0 Å².